The summed E-state index contributed by atoms with van der Waals surface area (Å²) in [6, 6.07) is 29.2. The number of pyridine rings is 1. The molecule has 0 atom stereocenters. The Bertz CT molecular complexity index is 1380. The molecule has 2 aromatic heterocycles. The average Bonchev–Trinajstić information content (AvgIpc) is 3.29. The van der Waals surface area contributed by atoms with Crippen molar-refractivity contribution in [2.24, 2.45) is 0 Å². The largest absolute Gasteiger partial charge is 0.396 e. The Morgan fingerprint density at radius 2 is 1.47 bits per heavy atom. The molecule has 5 aromatic rings. The maximum Gasteiger partial charge on any atom is 0.158 e. The molecule has 6 nitrogen and oxygen atoms in total. The second-order valence-electron chi connectivity index (χ2n) is 8.88. The van der Waals surface area contributed by atoms with E-state index in [1.165, 1.54) is 11.1 Å². The Hall–Kier alpha value is -3.74. The molecule has 2 heterocycles. The third kappa shape index (κ3) is 5.10. The minimum absolute atomic E-state index is 0.123. The van der Waals surface area contributed by atoms with Gasteiger partial charge in [-0.25, -0.2) is 9.97 Å². The van der Waals surface area contributed by atoms with Gasteiger partial charge in [-0.1, -0.05) is 78.9 Å². The van der Waals surface area contributed by atoms with Crippen LogP contribution in [0.15, 0.2) is 84.9 Å². The molecule has 0 spiro atoms. The van der Waals surface area contributed by atoms with Gasteiger partial charge in [0.25, 0.3) is 0 Å². The van der Waals surface area contributed by atoms with Gasteiger partial charge in [0.05, 0.1) is 11.0 Å². The van der Waals surface area contributed by atoms with E-state index in [1.807, 2.05) is 31.2 Å². The van der Waals surface area contributed by atoms with Gasteiger partial charge in [-0.15, -0.1) is 0 Å². The number of rotatable bonds is 11. The standard InChI is InChI=1S/C30H32N4O2/c1-2-36-22-34-27(18-11-19-35)32-28-29(34)25-16-9-10-17-26(25)31-30(28)33(20-23-12-5-3-6-13-23)21-24-14-7-4-8-15-24/h3-10,12-17,35H,2,11,18-22H2,1H3. The van der Waals surface area contributed by atoms with Crippen LogP contribution in [0.5, 0.6) is 0 Å². The number of aryl methyl sites for hydroxylation is 1. The summed E-state index contributed by atoms with van der Waals surface area (Å²) in [5.41, 5.74) is 5.25. The van der Waals surface area contributed by atoms with E-state index in [-0.39, 0.29) is 6.61 Å². The molecule has 0 bridgehead atoms. The first kappa shape index (κ1) is 24.0. The van der Waals surface area contributed by atoms with Gasteiger partial charge in [0.15, 0.2) is 5.82 Å². The zero-order valence-corrected chi connectivity index (χ0v) is 20.7. The van der Waals surface area contributed by atoms with Crippen molar-refractivity contribution < 1.29 is 9.84 Å². The van der Waals surface area contributed by atoms with Gasteiger partial charge in [0.2, 0.25) is 0 Å². The fraction of sp³-hybridized carbons (Fsp3) is 0.267. The van der Waals surface area contributed by atoms with Crippen molar-refractivity contribution in [2.75, 3.05) is 18.1 Å². The molecule has 0 aliphatic heterocycles. The van der Waals surface area contributed by atoms with Crippen LogP contribution in [-0.4, -0.2) is 32.9 Å². The van der Waals surface area contributed by atoms with E-state index in [1.54, 1.807) is 0 Å². The number of aromatic nitrogens is 3. The van der Waals surface area contributed by atoms with Crippen LogP contribution in [0.2, 0.25) is 0 Å². The molecule has 6 heteroatoms. The number of benzene rings is 3. The van der Waals surface area contributed by atoms with Crippen molar-refractivity contribution in [3.63, 3.8) is 0 Å². The van der Waals surface area contributed by atoms with Crippen molar-refractivity contribution in [1.29, 1.82) is 0 Å². The maximum atomic E-state index is 9.52. The Morgan fingerprint density at radius 1 is 0.833 bits per heavy atom. The molecule has 184 valence electrons. The van der Waals surface area contributed by atoms with E-state index in [9.17, 15) is 5.11 Å². The summed E-state index contributed by atoms with van der Waals surface area (Å²) in [4.78, 5) is 12.6. The molecule has 0 aliphatic rings. The number of imidazole rings is 1. The third-order valence-electron chi connectivity index (χ3n) is 6.36. The van der Waals surface area contributed by atoms with Crippen LogP contribution >= 0.6 is 0 Å². The van der Waals surface area contributed by atoms with Crippen LogP contribution in [0.4, 0.5) is 5.82 Å². The maximum absolute atomic E-state index is 9.52. The molecular weight excluding hydrogens is 448 g/mol. The highest BCUT2D eigenvalue weighted by atomic mass is 16.5. The van der Waals surface area contributed by atoms with Gasteiger partial charge in [-0.3, -0.25) is 0 Å². The van der Waals surface area contributed by atoms with E-state index in [0.717, 1.165) is 33.6 Å². The lowest BCUT2D eigenvalue weighted by atomic mass is 10.1. The third-order valence-corrected chi connectivity index (χ3v) is 6.36. The summed E-state index contributed by atoms with van der Waals surface area (Å²) in [7, 11) is 0. The number of aliphatic hydroxyl groups is 1. The fourth-order valence-corrected chi connectivity index (χ4v) is 4.65. The fourth-order valence-electron chi connectivity index (χ4n) is 4.65. The second kappa shape index (κ2) is 11.3. The van der Waals surface area contributed by atoms with Crippen LogP contribution < -0.4 is 4.90 Å². The minimum atomic E-state index is 0.123. The number of hydrogen-bond donors (Lipinski definition) is 1. The SMILES string of the molecule is CCOCn1c(CCCO)nc2c(N(Cc3ccccc3)Cc3ccccc3)nc3ccccc3c21. The Labute approximate surface area is 211 Å². The molecule has 0 saturated carbocycles. The van der Waals surface area contributed by atoms with Crippen LogP contribution in [0.3, 0.4) is 0 Å². The monoisotopic (exact) mass is 480 g/mol. The summed E-state index contributed by atoms with van der Waals surface area (Å²) in [6.45, 7) is 4.57. The lowest BCUT2D eigenvalue weighted by Gasteiger charge is -2.25. The van der Waals surface area contributed by atoms with E-state index >= 15 is 0 Å². The van der Waals surface area contributed by atoms with Crippen molar-refractivity contribution in [3.05, 3.63) is 102 Å². The number of ether oxygens (including phenoxy) is 1. The van der Waals surface area contributed by atoms with Gasteiger partial charge in [-0.2, -0.15) is 0 Å². The highest BCUT2D eigenvalue weighted by molar-refractivity contribution is 6.07. The first-order valence-electron chi connectivity index (χ1n) is 12.6. The number of fused-ring (bicyclic) bond motifs is 3. The smallest absolute Gasteiger partial charge is 0.158 e. The minimum Gasteiger partial charge on any atom is -0.396 e. The molecule has 0 amide bonds. The van der Waals surface area contributed by atoms with Gasteiger partial charge < -0.3 is 19.3 Å². The van der Waals surface area contributed by atoms with Crippen molar-refractivity contribution >= 4 is 27.8 Å². The normalized spacial score (nSPS) is 11.4. The van der Waals surface area contributed by atoms with Crippen LogP contribution in [0.1, 0.15) is 30.3 Å². The lowest BCUT2D eigenvalue weighted by molar-refractivity contribution is 0.0884. The van der Waals surface area contributed by atoms with Gasteiger partial charge >= 0.3 is 0 Å². The molecule has 5 rings (SSSR count). The Balaban J connectivity index is 1.72. The lowest BCUT2D eigenvalue weighted by Crippen LogP contribution is -2.23. The predicted molar refractivity (Wildman–Crippen MR) is 145 cm³/mol. The molecule has 0 aliphatic carbocycles. The van der Waals surface area contributed by atoms with E-state index in [0.29, 0.717) is 39.3 Å². The summed E-state index contributed by atoms with van der Waals surface area (Å²) >= 11 is 0. The zero-order valence-electron chi connectivity index (χ0n) is 20.7. The number of para-hydroxylation sites is 1. The Kier molecular flexibility index (Phi) is 7.55. The summed E-state index contributed by atoms with van der Waals surface area (Å²) < 4.78 is 8.03. The molecule has 1 N–H and O–H groups in total. The highest BCUT2D eigenvalue weighted by Crippen LogP contribution is 2.34. The second-order valence-corrected chi connectivity index (χ2v) is 8.88. The molecule has 0 unspecified atom stereocenters. The number of hydrogen-bond acceptors (Lipinski definition) is 5. The van der Waals surface area contributed by atoms with Gasteiger partial charge in [0.1, 0.15) is 18.1 Å². The average molecular weight is 481 g/mol. The summed E-state index contributed by atoms with van der Waals surface area (Å²) in [6.07, 6.45) is 1.32. The van der Waals surface area contributed by atoms with Crippen LogP contribution in [-0.2, 0) is 31.0 Å². The van der Waals surface area contributed by atoms with Crippen LogP contribution in [0, 0.1) is 0 Å². The number of anilines is 1. The quantitative estimate of drug-likeness (QED) is 0.262. The highest BCUT2D eigenvalue weighted by Gasteiger charge is 2.22. The molecule has 0 fully saturated rings. The molecule has 3 aromatic carbocycles. The predicted octanol–water partition coefficient (Wildman–Crippen LogP) is 5.71. The van der Waals surface area contributed by atoms with Gasteiger partial charge in [0, 0.05) is 38.1 Å². The first-order valence-corrected chi connectivity index (χ1v) is 12.6. The molecule has 36 heavy (non-hydrogen) atoms. The number of nitrogens with zero attached hydrogens (tertiary/aromatic N) is 4. The molecule has 0 radical (unpaired) electrons. The van der Waals surface area contributed by atoms with Crippen LogP contribution in [0.25, 0.3) is 21.9 Å². The first-order chi connectivity index (χ1) is 17.8. The van der Waals surface area contributed by atoms with E-state index in [4.69, 9.17) is 14.7 Å². The number of aliphatic hydroxyl groups excluding tert-OH is 1. The molecular formula is C30H32N4O2. The Morgan fingerprint density at radius 3 is 2.11 bits per heavy atom. The van der Waals surface area contributed by atoms with Crippen molar-refractivity contribution in [1.82, 2.24) is 14.5 Å². The summed E-state index contributed by atoms with van der Waals surface area (Å²) in [5.74, 6) is 1.77. The zero-order chi connectivity index (χ0) is 24.7. The van der Waals surface area contributed by atoms with E-state index in [2.05, 4.69) is 70.1 Å². The van der Waals surface area contributed by atoms with E-state index < -0.39 is 0 Å². The van der Waals surface area contributed by atoms with Crippen molar-refractivity contribution in [3.8, 4) is 0 Å². The summed E-state index contributed by atoms with van der Waals surface area (Å²) in [5, 5.41) is 10.6. The van der Waals surface area contributed by atoms with Gasteiger partial charge in [-0.05, 0) is 30.5 Å². The molecule has 0 saturated heterocycles. The van der Waals surface area contributed by atoms with Crippen molar-refractivity contribution in [2.45, 2.75) is 39.6 Å². The topological polar surface area (TPSA) is 63.4 Å².